The van der Waals surface area contributed by atoms with E-state index in [-0.39, 0.29) is 24.3 Å². The largest absolute Gasteiger partial charge is 0.352 e. The van der Waals surface area contributed by atoms with Crippen molar-refractivity contribution < 1.29 is 9.59 Å². The van der Waals surface area contributed by atoms with Gasteiger partial charge in [0.25, 0.3) is 0 Å². The van der Waals surface area contributed by atoms with Gasteiger partial charge in [-0.2, -0.15) is 0 Å². The summed E-state index contributed by atoms with van der Waals surface area (Å²) in [5.74, 6) is -0.243. The molecule has 0 spiro atoms. The Kier molecular flexibility index (Phi) is 8.67. The number of rotatable bonds is 9. The van der Waals surface area contributed by atoms with Gasteiger partial charge >= 0.3 is 0 Å². The highest BCUT2D eigenvalue weighted by atomic mass is 35.5. The normalized spacial score (nSPS) is 11.8. The number of carbonyl (C=O) groups is 2. The number of amides is 2. The van der Waals surface area contributed by atoms with Crippen LogP contribution < -0.4 is 5.32 Å². The molecule has 1 N–H and O–H groups in total. The molecule has 0 unspecified atom stereocenters. The van der Waals surface area contributed by atoms with Crippen LogP contribution in [0.4, 0.5) is 0 Å². The molecule has 4 nitrogen and oxygen atoms in total. The van der Waals surface area contributed by atoms with Crippen LogP contribution in [0.2, 0.25) is 5.02 Å². The number of aryl methyl sites for hydroxylation is 1. The van der Waals surface area contributed by atoms with Gasteiger partial charge in [-0.25, -0.2) is 0 Å². The summed E-state index contributed by atoms with van der Waals surface area (Å²) in [4.78, 5) is 28.7. The van der Waals surface area contributed by atoms with Crippen LogP contribution in [0, 0.1) is 6.92 Å². The lowest BCUT2D eigenvalue weighted by molar-refractivity contribution is -0.141. The summed E-state index contributed by atoms with van der Waals surface area (Å²) >= 11 is 6.02. The molecule has 0 aromatic heterocycles. The lowest BCUT2D eigenvalue weighted by Crippen LogP contribution is -2.52. The van der Waals surface area contributed by atoms with E-state index in [2.05, 4.69) is 5.32 Å². The topological polar surface area (TPSA) is 49.4 Å². The van der Waals surface area contributed by atoms with Gasteiger partial charge in [-0.1, -0.05) is 78.3 Å². The van der Waals surface area contributed by atoms with E-state index in [1.54, 1.807) is 17.0 Å². The van der Waals surface area contributed by atoms with Crippen LogP contribution in [0.25, 0.3) is 0 Å². The van der Waals surface area contributed by atoms with Crippen LogP contribution in [0.1, 0.15) is 36.1 Å². The van der Waals surface area contributed by atoms with Crippen LogP contribution >= 0.6 is 11.6 Å². The smallest absolute Gasteiger partial charge is 0.243 e. The zero-order chi connectivity index (χ0) is 23.8. The predicted molar refractivity (Wildman–Crippen MR) is 134 cm³/mol. The van der Waals surface area contributed by atoms with Gasteiger partial charge < -0.3 is 10.2 Å². The third kappa shape index (κ3) is 7.19. The van der Waals surface area contributed by atoms with E-state index in [1.165, 1.54) is 0 Å². The minimum Gasteiger partial charge on any atom is -0.352 e. The van der Waals surface area contributed by atoms with Gasteiger partial charge in [-0.15, -0.1) is 0 Å². The second-order valence-electron chi connectivity index (χ2n) is 8.62. The maximum atomic E-state index is 13.6. The van der Waals surface area contributed by atoms with Crippen molar-refractivity contribution >= 4 is 23.4 Å². The van der Waals surface area contributed by atoms with Crippen LogP contribution in [0.15, 0.2) is 78.9 Å². The summed E-state index contributed by atoms with van der Waals surface area (Å²) in [7, 11) is 0. The van der Waals surface area contributed by atoms with Crippen LogP contribution in [-0.2, 0) is 29.0 Å². The number of nitrogens with one attached hydrogen (secondary N) is 1. The monoisotopic (exact) mass is 462 g/mol. The molecule has 3 aromatic rings. The fraction of sp³-hybridized carbons (Fsp3) is 0.286. The number of halogens is 1. The number of hydrogen-bond acceptors (Lipinski definition) is 2. The molecule has 0 saturated carbocycles. The average Bonchev–Trinajstić information content (AvgIpc) is 2.79. The lowest BCUT2D eigenvalue weighted by atomic mass is 10.00. The number of benzene rings is 3. The summed E-state index contributed by atoms with van der Waals surface area (Å²) < 4.78 is 0. The summed E-state index contributed by atoms with van der Waals surface area (Å²) in [6.45, 7) is 6.25. The second-order valence-corrected chi connectivity index (χ2v) is 9.06. The van der Waals surface area contributed by atoms with Crippen molar-refractivity contribution in [3.8, 4) is 0 Å². The van der Waals surface area contributed by atoms with E-state index in [0.717, 1.165) is 22.3 Å². The summed E-state index contributed by atoms with van der Waals surface area (Å²) in [5.41, 5.74) is 3.99. The summed E-state index contributed by atoms with van der Waals surface area (Å²) in [6, 6.07) is 24.4. The molecular weight excluding hydrogens is 432 g/mol. The highest BCUT2D eigenvalue weighted by Crippen LogP contribution is 2.19. The first kappa shape index (κ1) is 24.5. The minimum atomic E-state index is -0.630. The fourth-order valence-electron chi connectivity index (χ4n) is 3.78. The van der Waals surface area contributed by atoms with Gasteiger partial charge in [0.1, 0.15) is 6.04 Å². The molecule has 172 valence electrons. The third-order valence-corrected chi connectivity index (χ3v) is 5.82. The van der Waals surface area contributed by atoms with Crippen molar-refractivity contribution in [2.75, 3.05) is 0 Å². The molecule has 0 radical (unpaired) electrons. The Hall–Kier alpha value is -3.11. The maximum Gasteiger partial charge on any atom is 0.243 e. The SMILES string of the molecule is Cc1ccccc1CN(C(=O)Cc1ccc(Cl)cc1)[C@H](Cc1ccccc1)C(=O)NC(C)C. The van der Waals surface area contributed by atoms with Gasteiger partial charge in [0.05, 0.1) is 6.42 Å². The van der Waals surface area contributed by atoms with Gasteiger partial charge in [0, 0.05) is 24.0 Å². The first-order chi connectivity index (χ1) is 15.8. The van der Waals surface area contributed by atoms with Gasteiger partial charge in [0.15, 0.2) is 0 Å². The van der Waals surface area contributed by atoms with E-state index >= 15 is 0 Å². The van der Waals surface area contributed by atoms with Crippen molar-refractivity contribution in [2.45, 2.75) is 52.2 Å². The van der Waals surface area contributed by atoms with E-state index in [0.29, 0.717) is 18.0 Å². The molecule has 0 aliphatic rings. The van der Waals surface area contributed by atoms with Crippen LogP contribution in [0.3, 0.4) is 0 Å². The lowest BCUT2D eigenvalue weighted by Gasteiger charge is -2.32. The molecule has 0 heterocycles. The molecule has 33 heavy (non-hydrogen) atoms. The van der Waals surface area contributed by atoms with E-state index in [1.807, 2.05) is 87.5 Å². The maximum absolute atomic E-state index is 13.6. The third-order valence-electron chi connectivity index (χ3n) is 5.57. The van der Waals surface area contributed by atoms with Gasteiger partial charge in [-0.05, 0) is 55.2 Å². The molecular formula is C28H31ClN2O2. The van der Waals surface area contributed by atoms with Gasteiger partial charge in [0.2, 0.25) is 11.8 Å². The minimum absolute atomic E-state index is 0.0255. The molecule has 3 aromatic carbocycles. The second kappa shape index (κ2) is 11.7. The number of nitrogens with zero attached hydrogens (tertiary/aromatic N) is 1. The zero-order valence-electron chi connectivity index (χ0n) is 19.4. The summed E-state index contributed by atoms with van der Waals surface area (Å²) in [6.07, 6.45) is 0.640. The Morgan fingerprint density at radius 3 is 2.15 bits per heavy atom. The molecule has 0 bridgehead atoms. The quantitative estimate of drug-likeness (QED) is 0.465. The molecule has 0 fully saturated rings. The first-order valence-electron chi connectivity index (χ1n) is 11.3. The number of hydrogen-bond donors (Lipinski definition) is 1. The molecule has 0 aliphatic heterocycles. The van der Waals surface area contributed by atoms with Crippen molar-refractivity contribution in [3.63, 3.8) is 0 Å². The van der Waals surface area contributed by atoms with Crippen LogP contribution in [-0.4, -0.2) is 28.8 Å². The Bertz CT molecular complexity index is 1060. The molecule has 0 saturated heterocycles. The Balaban J connectivity index is 1.97. The van der Waals surface area contributed by atoms with Crippen molar-refractivity contribution in [1.29, 1.82) is 0 Å². The highest BCUT2D eigenvalue weighted by Gasteiger charge is 2.31. The molecule has 5 heteroatoms. The number of carbonyl (C=O) groups excluding carboxylic acids is 2. The molecule has 1 atom stereocenters. The first-order valence-corrected chi connectivity index (χ1v) is 11.6. The van der Waals surface area contributed by atoms with E-state index in [4.69, 9.17) is 11.6 Å². The Morgan fingerprint density at radius 1 is 0.879 bits per heavy atom. The van der Waals surface area contributed by atoms with Crippen molar-refractivity contribution in [3.05, 3.63) is 106 Å². The molecule has 2 amide bonds. The highest BCUT2D eigenvalue weighted by molar-refractivity contribution is 6.30. The van der Waals surface area contributed by atoms with Crippen LogP contribution in [0.5, 0.6) is 0 Å². The van der Waals surface area contributed by atoms with E-state index < -0.39 is 6.04 Å². The van der Waals surface area contributed by atoms with E-state index in [9.17, 15) is 9.59 Å². The molecule has 3 rings (SSSR count). The zero-order valence-corrected chi connectivity index (χ0v) is 20.2. The molecule has 0 aliphatic carbocycles. The fourth-order valence-corrected chi connectivity index (χ4v) is 3.91. The Morgan fingerprint density at radius 2 is 1.52 bits per heavy atom. The predicted octanol–water partition coefficient (Wildman–Crippen LogP) is 5.36. The standard InChI is InChI=1S/C28H31ClN2O2/c1-20(2)30-28(33)26(17-22-10-5-4-6-11-22)31(19-24-12-8-7-9-21(24)3)27(32)18-23-13-15-25(29)16-14-23/h4-16,20,26H,17-19H2,1-3H3,(H,30,33)/t26-/m1/s1. The summed E-state index contributed by atoms with van der Waals surface area (Å²) in [5, 5.41) is 3.65. The average molecular weight is 463 g/mol. The Labute approximate surface area is 201 Å². The van der Waals surface area contributed by atoms with Crippen molar-refractivity contribution in [1.82, 2.24) is 10.2 Å². The van der Waals surface area contributed by atoms with Gasteiger partial charge in [-0.3, -0.25) is 9.59 Å². The van der Waals surface area contributed by atoms with Crippen molar-refractivity contribution in [2.24, 2.45) is 0 Å².